The van der Waals surface area contributed by atoms with E-state index in [9.17, 15) is 14.4 Å². The van der Waals surface area contributed by atoms with Gasteiger partial charge in [-0.1, -0.05) is 23.2 Å². The molecule has 1 unspecified atom stereocenters. The van der Waals surface area contributed by atoms with Crippen LogP contribution in [0.25, 0.3) is 0 Å². The van der Waals surface area contributed by atoms with Gasteiger partial charge in [0, 0.05) is 11.3 Å². The first kappa shape index (κ1) is 18.8. The lowest BCUT2D eigenvalue weighted by Gasteiger charge is -2.14. The number of benzene rings is 2. The van der Waals surface area contributed by atoms with Gasteiger partial charge in [0.15, 0.2) is 6.10 Å². The number of anilines is 1. The maximum Gasteiger partial charge on any atom is 0.338 e. The quantitative estimate of drug-likeness (QED) is 0.777. The molecule has 0 aliphatic rings. The van der Waals surface area contributed by atoms with Crippen molar-refractivity contribution in [2.75, 3.05) is 5.32 Å². The Morgan fingerprint density at radius 3 is 2.16 bits per heavy atom. The molecule has 0 heterocycles. The summed E-state index contributed by atoms with van der Waals surface area (Å²) in [5.74, 6) is -1.80. The van der Waals surface area contributed by atoms with E-state index in [0.717, 1.165) is 0 Å². The Kier molecular flexibility index (Phi) is 6.01. The number of nitrogens with two attached hydrogens (primary N) is 1. The molecule has 8 heteroatoms. The summed E-state index contributed by atoms with van der Waals surface area (Å²) in [5, 5.41) is 3.09. The van der Waals surface area contributed by atoms with E-state index < -0.39 is 23.9 Å². The van der Waals surface area contributed by atoms with Gasteiger partial charge in [0.25, 0.3) is 5.91 Å². The van der Waals surface area contributed by atoms with Crippen LogP contribution in [0.1, 0.15) is 27.6 Å². The van der Waals surface area contributed by atoms with Crippen molar-refractivity contribution in [3.63, 3.8) is 0 Å². The van der Waals surface area contributed by atoms with Crippen molar-refractivity contribution in [3.05, 3.63) is 63.6 Å². The summed E-state index contributed by atoms with van der Waals surface area (Å²) in [6.45, 7) is 1.43. The number of carbonyl (C=O) groups excluding carboxylic acids is 3. The third kappa shape index (κ3) is 4.95. The third-order valence-corrected chi connectivity index (χ3v) is 3.98. The second kappa shape index (κ2) is 8.00. The molecule has 0 aromatic heterocycles. The molecular weight excluding hydrogens is 367 g/mol. The summed E-state index contributed by atoms with van der Waals surface area (Å²) in [7, 11) is 0. The number of ether oxygens (including phenoxy) is 1. The van der Waals surface area contributed by atoms with Gasteiger partial charge in [0.1, 0.15) is 0 Å². The minimum Gasteiger partial charge on any atom is -0.449 e. The third-order valence-electron chi connectivity index (χ3n) is 3.25. The molecule has 2 aromatic carbocycles. The maximum atomic E-state index is 12.1. The predicted molar refractivity (Wildman–Crippen MR) is 94.9 cm³/mol. The Morgan fingerprint density at radius 1 is 1.00 bits per heavy atom. The number of primary amides is 1. The van der Waals surface area contributed by atoms with E-state index in [-0.39, 0.29) is 10.6 Å². The molecule has 0 fully saturated rings. The van der Waals surface area contributed by atoms with Gasteiger partial charge in [0.2, 0.25) is 5.91 Å². The first-order chi connectivity index (χ1) is 11.8. The lowest BCUT2D eigenvalue weighted by atomic mass is 10.2. The summed E-state index contributed by atoms with van der Waals surface area (Å²) in [6, 6.07) is 10.3. The van der Waals surface area contributed by atoms with Crippen molar-refractivity contribution in [1.29, 1.82) is 0 Å². The van der Waals surface area contributed by atoms with Crippen molar-refractivity contribution in [2.45, 2.75) is 13.0 Å². The zero-order chi connectivity index (χ0) is 18.6. The minimum absolute atomic E-state index is 0.180. The monoisotopic (exact) mass is 380 g/mol. The molecule has 3 N–H and O–H groups in total. The summed E-state index contributed by atoms with van der Waals surface area (Å²) in [5.41, 5.74) is 6.08. The number of rotatable bonds is 5. The van der Waals surface area contributed by atoms with Crippen LogP contribution in [-0.2, 0) is 9.53 Å². The lowest BCUT2D eigenvalue weighted by molar-refractivity contribution is -0.123. The van der Waals surface area contributed by atoms with Gasteiger partial charge in [-0.25, -0.2) is 4.79 Å². The molecule has 0 aliphatic carbocycles. The van der Waals surface area contributed by atoms with Crippen LogP contribution < -0.4 is 11.1 Å². The average Bonchev–Trinajstić information content (AvgIpc) is 2.57. The van der Waals surface area contributed by atoms with Gasteiger partial charge in [-0.15, -0.1) is 0 Å². The van der Waals surface area contributed by atoms with Gasteiger partial charge in [-0.2, -0.15) is 0 Å². The SMILES string of the molecule is CC(OC(=O)c1ccc(Cl)c(Cl)c1)C(=O)Nc1ccc(C(N)=O)cc1. The summed E-state index contributed by atoms with van der Waals surface area (Å²) in [4.78, 5) is 35.1. The smallest absolute Gasteiger partial charge is 0.338 e. The number of esters is 1. The topological polar surface area (TPSA) is 98.5 Å². The molecule has 6 nitrogen and oxygen atoms in total. The van der Waals surface area contributed by atoms with Crippen molar-refractivity contribution >= 4 is 46.7 Å². The number of carbonyl (C=O) groups is 3. The van der Waals surface area contributed by atoms with Gasteiger partial charge in [0.05, 0.1) is 15.6 Å². The Bertz CT molecular complexity index is 822. The molecule has 2 rings (SSSR count). The highest BCUT2D eigenvalue weighted by Gasteiger charge is 2.19. The summed E-state index contributed by atoms with van der Waals surface area (Å²) in [6.07, 6.45) is -1.04. The molecule has 130 valence electrons. The van der Waals surface area contributed by atoms with E-state index in [4.69, 9.17) is 33.7 Å². The molecule has 0 saturated carbocycles. The lowest BCUT2D eigenvalue weighted by Crippen LogP contribution is -2.30. The zero-order valence-electron chi connectivity index (χ0n) is 13.1. The zero-order valence-corrected chi connectivity index (χ0v) is 14.6. The van der Waals surface area contributed by atoms with Crippen LogP contribution >= 0.6 is 23.2 Å². The first-order valence-electron chi connectivity index (χ1n) is 7.14. The highest BCUT2D eigenvalue weighted by Crippen LogP contribution is 2.23. The number of halogens is 2. The van der Waals surface area contributed by atoms with E-state index >= 15 is 0 Å². The highest BCUT2D eigenvalue weighted by molar-refractivity contribution is 6.42. The molecular formula is C17H14Cl2N2O4. The largest absolute Gasteiger partial charge is 0.449 e. The fraction of sp³-hybridized carbons (Fsp3) is 0.118. The van der Waals surface area contributed by atoms with Crippen LogP contribution in [0.2, 0.25) is 10.0 Å². The van der Waals surface area contributed by atoms with Crippen LogP contribution in [0.3, 0.4) is 0 Å². The van der Waals surface area contributed by atoms with Crippen molar-refractivity contribution in [1.82, 2.24) is 0 Å². The molecule has 0 bridgehead atoms. The second-order valence-electron chi connectivity index (χ2n) is 5.11. The Morgan fingerprint density at radius 2 is 1.60 bits per heavy atom. The predicted octanol–water partition coefficient (Wildman–Crippen LogP) is 3.28. The Hall–Kier alpha value is -2.57. The standard InChI is InChI=1S/C17H14Cl2N2O4/c1-9(25-17(24)11-4-7-13(18)14(19)8-11)16(23)21-12-5-2-10(3-6-12)15(20)22/h2-9H,1H3,(H2,20,22)(H,21,23). The molecule has 2 aromatic rings. The van der Waals surface area contributed by atoms with Gasteiger partial charge < -0.3 is 15.8 Å². The van der Waals surface area contributed by atoms with E-state index in [0.29, 0.717) is 16.3 Å². The molecule has 25 heavy (non-hydrogen) atoms. The first-order valence-corrected chi connectivity index (χ1v) is 7.90. The van der Waals surface area contributed by atoms with E-state index in [1.54, 1.807) is 0 Å². The van der Waals surface area contributed by atoms with E-state index in [1.165, 1.54) is 49.4 Å². The van der Waals surface area contributed by atoms with Gasteiger partial charge in [-0.3, -0.25) is 9.59 Å². The van der Waals surface area contributed by atoms with Crippen LogP contribution in [0.15, 0.2) is 42.5 Å². The number of hydrogen-bond acceptors (Lipinski definition) is 4. The number of hydrogen-bond donors (Lipinski definition) is 2. The molecule has 0 aliphatic heterocycles. The fourth-order valence-electron chi connectivity index (χ4n) is 1.87. The molecule has 0 radical (unpaired) electrons. The van der Waals surface area contributed by atoms with Crippen molar-refractivity contribution < 1.29 is 19.1 Å². The number of nitrogens with one attached hydrogen (secondary N) is 1. The Balaban J connectivity index is 1.98. The highest BCUT2D eigenvalue weighted by atomic mass is 35.5. The minimum atomic E-state index is -1.04. The van der Waals surface area contributed by atoms with Crippen molar-refractivity contribution in [2.24, 2.45) is 5.73 Å². The van der Waals surface area contributed by atoms with Crippen LogP contribution in [0, 0.1) is 0 Å². The number of amides is 2. The molecule has 0 saturated heterocycles. The summed E-state index contributed by atoms with van der Waals surface area (Å²) < 4.78 is 5.10. The van der Waals surface area contributed by atoms with Gasteiger partial charge >= 0.3 is 5.97 Å². The molecule has 2 amide bonds. The van der Waals surface area contributed by atoms with Gasteiger partial charge in [-0.05, 0) is 49.4 Å². The molecule has 1 atom stereocenters. The van der Waals surface area contributed by atoms with Crippen LogP contribution in [-0.4, -0.2) is 23.9 Å². The Labute approximate surface area is 153 Å². The normalized spacial score (nSPS) is 11.5. The van der Waals surface area contributed by atoms with Crippen LogP contribution in [0.5, 0.6) is 0 Å². The van der Waals surface area contributed by atoms with Crippen LogP contribution in [0.4, 0.5) is 5.69 Å². The van der Waals surface area contributed by atoms with E-state index in [1.807, 2.05) is 0 Å². The molecule has 0 spiro atoms. The average molecular weight is 381 g/mol. The fourth-order valence-corrected chi connectivity index (χ4v) is 2.17. The summed E-state index contributed by atoms with van der Waals surface area (Å²) >= 11 is 11.6. The second-order valence-corrected chi connectivity index (χ2v) is 5.92. The maximum absolute atomic E-state index is 12.1. The van der Waals surface area contributed by atoms with Crippen molar-refractivity contribution in [3.8, 4) is 0 Å². The van der Waals surface area contributed by atoms with E-state index in [2.05, 4.69) is 5.32 Å².